The number of nitrogens with one attached hydrogen (secondary N) is 1. The van der Waals surface area contributed by atoms with E-state index >= 15 is 0 Å². The molecule has 4 nitrogen and oxygen atoms in total. The zero-order chi connectivity index (χ0) is 14.6. The predicted octanol–water partition coefficient (Wildman–Crippen LogP) is 2.78. The van der Waals surface area contributed by atoms with E-state index in [1.54, 1.807) is 6.07 Å². The van der Waals surface area contributed by atoms with Crippen molar-refractivity contribution in [3.63, 3.8) is 0 Å². The monoisotopic (exact) mass is 324 g/mol. The molecule has 0 aromatic heterocycles. The van der Waals surface area contributed by atoms with Gasteiger partial charge in [-0.05, 0) is 30.0 Å². The number of rotatable bonds is 6. The fraction of sp³-hybridized carbons (Fsp3) is 0.500. The topological polar surface area (TPSA) is 72.2 Å². The van der Waals surface area contributed by atoms with Gasteiger partial charge in [0.2, 0.25) is 10.0 Å². The second-order valence-electron chi connectivity index (χ2n) is 4.66. The summed E-state index contributed by atoms with van der Waals surface area (Å²) in [5, 5.41) is 0.429. The highest BCUT2D eigenvalue weighted by Crippen LogP contribution is 2.29. The molecule has 1 aromatic rings. The summed E-state index contributed by atoms with van der Waals surface area (Å²) in [5.74, 6) is 0.414. The lowest BCUT2D eigenvalue weighted by Gasteiger charge is -2.12. The Morgan fingerprint density at radius 1 is 1.32 bits per heavy atom. The Hall–Kier alpha value is -0.330. The van der Waals surface area contributed by atoms with Gasteiger partial charge >= 0.3 is 0 Å². The maximum Gasteiger partial charge on any atom is 0.242 e. The van der Waals surface area contributed by atoms with Crippen molar-refractivity contribution in [2.75, 3.05) is 6.54 Å². The van der Waals surface area contributed by atoms with Crippen LogP contribution in [-0.2, 0) is 16.6 Å². The molecule has 0 heterocycles. The summed E-state index contributed by atoms with van der Waals surface area (Å²) in [5.41, 5.74) is 6.03. The first kappa shape index (κ1) is 16.7. The van der Waals surface area contributed by atoms with Crippen LogP contribution in [0, 0.1) is 5.92 Å². The summed E-state index contributed by atoms with van der Waals surface area (Å²) >= 11 is 11.9. The standard InChI is InChI=1S/C12H18Cl2N2O2S/c1-8(2)3-4-16-19(17,18)11-6-10(13)5-9(7-15)12(11)14/h5-6,8,16H,3-4,7,15H2,1-2H3. The smallest absolute Gasteiger partial charge is 0.242 e. The molecule has 0 amide bonds. The molecule has 0 spiro atoms. The average Bonchev–Trinajstić information content (AvgIpc) is 2.30. The van der Waals surface area contributed by atoms with Gasteiger partial charge in [0, 0.05) is 18.1 Å². The van der Waals surface area contributed by atoms with Gasteiger partial charge in [-0.2, -0.15) is 0 Å². The lowest BCUT2D eigenvalue weighted by atomic mass is 10.1. The maximum absolute atomic E-state index is 12.2. The fourth-order valence-corrected chi connectivity index (χ4v) is 3.51. The summed E-state index contributed by atoms with van der Waals surface area (Å²) in [6.07, 6.45) is 0.751. The predicted molar refractivity (Wildman–Crippen MR) is 79.0 cm³/mol. The number of nitrogens with two attached hydrogens (primary N) is 1. The molecule has 19 heavy (non-hydrogen) atoms. The van der Waals surface area contributed by atoms with Gasteiger partial charge in [-0.3, -0.25) is 0 Å². The molecule has 0 unspecified atom stereocenters. The van der Waals surface area contributed by atoms with E-state index in [1.165, 1.54) is 6.07 Å². The molecule has 1 rings (SSSR count). The van der Waals surface area contributed by atoms with Crippen LogP contribution in [0.2, 0.25) is 10.0 Å². The summed E-state index contributed by atoms with van der Waals surface area (Å²) in [6.45, 7) is 4.54. The van der Waals surface area contributed by atoms with Gasteiger partial charge in [-0.15, -0.1) is 0 Å². The van der Waals surface area contributed by atoms with E-state index in [9.17, 15) is 8.42 Å². The molecule has 0 atom stereocenters. The second-order valence-corrected chi connectivity index (χ2v) is 7.21. The van der Waals surface area contributed by atoms with Crippen LogP contribution in [-0.4, -0.2) is 15.0 Å². The Labute approximate surface area is 124 Å². The van der Waals surface area contributed by atoms with Crippen LogP contribution in [0.1, 0.15) is 25.8 Å². The third-order valence-corrected chi connectivity index (χ3v) is 4.86. The summed E-state index contributed by atoms with van der Waals surface area (Å²) in [7, 11) is -3.66. The Morgan fingerprint density at radius 2 is 1.95 bits per heavy atom. The quantitative estimate of drug-likeness (QED) is 0.845. The first-order valence-electron chi connectivity index (χ1n) is 5.95. The average molecular weight is 325 g/mol. The minimum atomic E-state index is -3.66. The number of halogens is 2. The number of benzene rings is 1. The molecule has 0 aliphatic carbocycles. The van der Waals surface area contributed by atoms with Crippen LogP contribution in [0.5, 0.6) is 0 Å². The summed E-state index contributed by atoms with van der Waals surface area (Å²) in [6, 6.07) is 2.90. The molecular formula is C12H18Cl2N2O2S. The van der Waals surface area contributed by atoms with Gasteiger partial charge < -0.3 is 5.73 Å². The van der Waals surface area contributed by atoms with Gasteiger partial charge in [-0.1, -0.05) is 37.0 Å². The van der Waals surface area contributed by atoms with Crippen molar-refractivity contribution in [3.8, 4) is 0 Å². The Bertz CT molecular complexity index is 545. The van der Waals surface area contributed by atoms with E-state index in [1.807, 2.05) is 13.8 Å². The van der Waals surface area contributed by atoms with Crippen molar-refractivity contribution < 1.29 is 8.42 Å². The van der Waals surface area contributed by atoms with E-state index in [0.29, 0.717) is 23.0 Å². The number of hydrogen-bond donors (Lipinski definition) is 2. The molecule has 0 fully saturated rings. The van der Waals surface area contributed by atoms with Crippen LogP contribution in [0.15, 0.2) is 17.0 Å². The molecule has 108 valence electrons. The van der Waals surface area contributed by atoms with Crippen LogP contribution in [0.4, 0.5) is 0 Å². The van der Waals surface area contributed by atoms with E-state index in [-0.39, 0.29) is 16.5 Å². The SMILES string of the molecule is CC(C)CCNS(=O)(=O)c1cc(Cl)cc(CN)c1Cl. The van der Waals surface area contributed by atoms with Crippen LogP contribution in [0.3, 0.4) is 0 Å². The van der Waals surface area contributed by atoms with Crippen molar-refractivity contribution >= 4 is 33.2 Å². The van der Waals surface area contributed by atoms with E-state index < -0.39 is 10.0 Å². The van der Waals surface area contributed by atoms with Gasteiger partial charge in [0.15, 0.2) is 0 Å². The molecule has 0 radical (unpaired) electrons. The zero-order valence-corrected chi connectivity index (χ0v) is 13.2. The highest BCUT2D eigenvalue weighted by molar-refractivity contribution is 7.89. The first-order chi connectivity index (χ1) is 8.77. The molecule has 7 heteroatoms. The molecule has 3 N–H and O–H groups in total. The summed E-state index contributed by atoms with van der Waals surface area (Å²) in [4.78, 5) is -0.0223. The number of sulfonamides is 1. The van der Waals surface area contributed by atoms with Crippen molar-refractivity contribution in [2.24, 2.45) is 11.7 Å². The number of hydrogen-bond acceptors (Lipinski definition) is 3. The zero-order valence-electron chi connectivity index (χ0n) is 10.9. The maximum atomic E-state index is 12.2. The molecular weight excluding hydrogens is 307 g/mol. The second kappa shape index (κ2) is 6.90. The van der Waals surface area contributed by atoms with E-state index in [4.69, 9.17) is 28.9 Å². The first-order valence-corrected chi connectivity index (χ1v) is 8.19. The van der Waals surface area contributed by atoms with Crippen molar-refractivity contribution in [1.82, 2.24) is 4.72 Å². The van der Waals surface area contributed by atoms with Crippen LogP contribution < -0.4 is 10.5 Å². The molecule has 0 bridgehead atoms. The highest BCUT2D eigenvalue weighted by Gasteiger charge is 2.20. The molecule has 0 saturated heterocycles. The van der Waals surface area contributed by atoms with E-state index in [2.05, 4.69) is 4.72 Å². The fourth-order valence-electron chi connectivity index (χ4n) is 1.52. The highest BCUT2D eigenvalue weighted by atomic mass is 35.5. The largest absolute Gasteiger partial charge is 0.326 e. The van der Waals surface area contributed by atoms with Gasteiger partial charge in [0.25, 0.3) is 0 Å². The summed E-state index contributed by atoms with van der Waals surface area (Å²) < 4.78 is 26.8. The Kier molecular flexibility index (Phi) is 6.08. The van der Waals surface area contributed by atoms with Crippen molar-refractivity contribution in [2.45, 2.75) is 31.7 Å². The molecule has 0 aliphatic rings. The van der Waals surface area contributed by atoms with Gasteiger partial charge in [-0.25, -0.2) is 13.1 Å². The molecule has 0 saturated carbocycles. The lowest BCUT2D eigenvalue weighted by Crippen LogP contribution is -2.26. The van der Waals surface area contributed by atoms with Gasteiger partial charge in [0.05, 0.1) is 5.02 Å². The Balaban J connectivity index is 3.04. The van der Waals surface area contributed by atoms with Crippen molar-refractivity contribution in [3.05, 3.63) is 27.7 Å². The molecule has 1 aromatic carbocycles. The normalized spacial score (nSPS) is 12.1. The minimum Gasteiger partial charge on any atom is -0.326 e. The van der Waals surface area contributed by atoms with Crippen LogP contribution in [0.25, 0.3) is 0 Å². The molecule has 0 aliphatic heterocycles. The third kappa shape index (κ3) is 4.61. The lowest BCUT2D eigenvalue weighted by molar-refractivity contribution is 0.551. The minimum absolute atomic E-state index is 0.0223. The van der Waals surface area contributed by atoms with Crippen molar-refractivity contribution in [1.29, 1.82) is 0 Å². The Morgan fingerprint density at radius 3 is 2.47 bits per heavy atom. The third-order valence-electron chi connectivity index (χ3n) is 2.60. The van der Waals surface area contributed by atoms with Crippen LogP contribution >= 0.6 is 23.2 Å². The van der Waals surface area contributed by atoms with E-state index in [0.717, 1.165) is 6.42 Å². The van der Waals surface area contributed by atoms with Gasteiger partial charge in [0.1, 0.15) is 4.90 Å².